The molecule has 27 heavy (non-hydrogen) atoms. The lowest BCUT2D eigenvalue weighted by Gasteiger charge is -2.25. The van der Waals surface area contributed by atoms with Gasteiger partial charge in [0.15, 0.2) is 0 Å². The van der Waals surface area contributed by atoms with E-state index < -0.39 is 0 Å². The summed E-state index contributed by atoms with van der Waals surface area (Å²) in [5, 5.41) is 3.08. The van der Waals surface area contributed by atoms with Crippen LogP contribution in [0.5, 0.6) is 11.5 Å². The van der Waals surface area contributed by atoms with Gasteiger partial charge in [0.25, 0.3) is 0 Å². The second kappa shape index (κ2) is 8.91. The van der Waals surface area contributed by atoms with Gasteiger partial charge in [-0.15, -0.1) is 0 Å². The van der Waals surface area contributed by atoms with Crippen LogP contribution in [0.4, 0.5) is 0 Å². The number of amides is 1. The van der Waals surface area contributed by atoms with Crippen LogP contribution in [0.2, 0.25) is 0 Å². The number of carbonyl (C=O) groups excluding carboxylic acids is 1. The van der Waals surface area contributed by atoms with Gasteiger partial charge in [0, 0.05) is 13.0 Å². The van der Waals surface area contributed by atoms with Crippen molar-refractivity contribution in [1.29, 1.82) is 0 Å². The molecule has 1 unspecified atom stereocenters. The first-order valence-corrected chi connectivity index (χ1v) is 9.47. The third kappa shape index (κ3) is 5.01. The van der Waals surface area contributed by atoms with E-state index in [0.717, 1.165) is 30.1 Å². The number of hydrogen-bond acceptors (Lipinski definition) is 4. The lowest BCUT2D eigenvalue weighted by molar-refractivity contribution is -0.120. The minimum Gasteiger partial charge on any atom is -0.494 e. The molecule has 1 amide bonds. The highest BCUT2D eigenvalue weighted by Crippen LogP contribution is 2.29. The van der Waals surface area contributed by atoms with Crippen LogP contribution in [-0.4, -0.2) is 44.7 Å². The SMILES string of the molecule is CCOc1ccc(CC(=O)NCC(c2ccc3c(c2)CCO3)N(C)C)cc1. The van der Waals surface area contributed by atoms with Gasteiger partial charge in [-0.1, -0.05) is 24.3 Å². The molecular weight excluding hydrogens is 340 g/mol. The fourth-order valence-electron chi connectivity index (χ4n) is 3.34. The van der Waals surface area contributed by atoms with Crippen LogP contribution in [0.25, 0.3) is 0 Å². The Balaban J connectivity index is 1.58. The van der Waals surface area contributed by atoms with E-state index in [1.807, 2.05) is 51.4 Å². The average Bonchev–Trinajstić information content (AvgIpc) is 3.11. The summed E-state index contributed by atoms with van der Waals surface area (Å²) in [5.41, 5.74) is 3.43. The molecular formula is C22H28N2O3. The first kappa shape index (κ1) is 19.2. The van der Waals surface area contributed by atoms with Crippen LogP contribution in [0, 0.1) is 0 Å². The van der Waals surface area contributed by atoms with Gasteiger partial charge in [0.1, 0.15) is 11.5 Å². The Labute approximate surface area is 161 Å². The van der Waals surface area contributed by atoms with Gasteiger partial charge in [-0.2, -0.15) is 0 Å². The Morgan fingerprint density at radius 2 is 2.00 bits per heavy atom. The largest absolute Gasteiger partial charge is 0.494 e. The van der Waals surface area contributed by atoms with Crippen LogP contribution in [0.15, 0.2) is 42.5 Å². The topological polar surface area (TPSA) is 50.8 Å². The lowest BCUT2D eigenvalue weighted by Crippen LogP contribution is -2.35. The summed E-state index contributed by atoms with van der Waals surface area (Å²) in [6, 6.07) is 14.1. The van der Waals surface area contributed by atoms with Crippen molar-refractivity contribution < 1.29 is 14.3 Å². The standard InChI is InChI=1S/C22H28N2O3/c1-4-26-19-8-5-16(6-9-19)13-22(25)23-15-20(24(2)3)17-7-10-21-18(14-17)11-12-27-21/h5-10,14,20H,4,11-13,15H2,1-3H3,(H,23,25). The molecule has 0 aromatic heterocycles. The van der Waals surface area contributed by atoms with E-state index in [1.165, 1.54) is 11.1 Å². The molecule has 0 aliphatic carbocycles. The molecule has 5 heteroatoms. The quantitative estimate of drug-likeness (QED) is 0.778. The number of nitrogens with zero attached hydrogens (tertiary/aromatic N) is 1. The molecule has 0 fully saturated rings. The molecule has 2 aromatic rings. The van der Waals surface area contributed by atoms with Crippen molar-refractivity contribution in [3.05, 3.63) is 59.2 Å². The lowest BCUT2D eigenvalue weighted by atomic mass is 10.0. The van der Waals surface area contributed by atoms with E-state index in [-0.39, 0.29) is 11.9 Å². The predicted octanol–water partition coefficient (Wildman–Crippen LogP) is 2.98. The highest BCUT2D eigenvalue weighted by Gasteiger charge is 2.19. The molecule has 1 aliphatic heterocycles. The Morgan fingerprint density at radius 1 is 1.22 bits per heavy atom. The van der Waals surface area contributed by atoms with Crippen molar-refractivity contribution in [2.24, 2.45) is 0 Å². The zero-order valence-electron chi connectivity index (χ0n) is 16.3. The number of carbonyl (C=O) groups is 1. The van der Waals surface area contributed by atoms with Crippen molar-refractivity contribution in [3.63, 3.8) is 0 Å². The fraction of sp³-hybridized carbons (Fsp3) is 0.409. The molecule has 0 saturated heterocycles. The summed E-state index contributed by atoms with van der Waals surface area (Å²) in [4.78, 5) is 14.5. The normalized spacial score (nSPS) is 13.8. The average molecular weight is 368 g/mol. The molecule has 0 radical (unpaired) electrons. The zero-order valence-corrected chi connectivity index (χ0v) is 16.3. The minimum atomic E-state index is 0.0236. The number of hydrogen-bond donors (Lipinski definition) is 1. The molecule has 144 valence electrons. The van der Waals surface area contributed by atoms with Gasteiger partial charge >= 0.3 is 0 Å². The maximum atomic E-state index is 12.4. The second-order valence-electron chi connectivity index (χ2n) is 7.00. The van der Waals surface area contributed by atoms with Crippen molar-refractivity contribution in [2.45, 2.75) is 25.8 Å². The maximum absolute atomic E-state index is 12.4. The monoisotopic (exact) mass is 368 g/mol. The Morgan fingerprint density at radius 3 is 2.70 bits per heavy atom. The van der Waals surface area contributed by atoms with Crippen LogP contribution in [0.3, 0.4) is 0 Å². The molecule has 1 aliphatic rings. The van der Waals surface area contributed by atoms with Crippen molar-refractivity contribution in [3.8, 4) is 11.5 Å². The summed E-state index contributed by atoms with van der Waals surface area (Å²) in [6.07, 6.45) is 1.32. The maximum Gasteiger partial charge on any atom is 0.224 e. The van der Waals surface area contributed by atoms with Crippen molar-refractivity contribution >= 4 is 5.91 Å². The minimum absolute atomic E-state index is 0.0236. The van der Waals surface area contributed by atoms with Crippen LogP contribution < -0.4 is 14.8 Å². The number of rotatable bonds is 8. The number of nitrogens with one attached hydrogen (secondary N) is 1. The van der Waals surface area contributed by atoms with E-state index in [0.29, 0.717) is 19.6 Å². The molecule has 5 nitrogen and oxygen atoms in total. The summed E-state index contributed by atoms with van der Waals surface area (Å²) in [6.45, 7) is 3.92. The third-order valence-corrected chi connectivity index (χ3v) is 4.81. The van der Waals surface area contributed by atoms with E-state index in [1.54, 1.807) is 0 Å². The second-order valence-corrected chi connectivity index (χ2v) is 7.00. The van der Waals surface area contributed by atoms with Crippen molar-refractivity contribution in [2.75, 3.05) is 33.9 Å². The highest BCUT2D eigenvalue weighted by molar-refractivity contribution is 5.78. The smallest absolute Gasteiger partial charge is 0.224 e. The fourth-order valence-corrected chi connectivity index (χ4v) is 3.34. The van der Waals surface area contributed by atoms with Gasteiger partial charge in [-0.25, -0.2) is 0 Å². The van der Waals surface area contributed by atoms with E-state index in [2.05, 4.69) is 22.3 Å². The van der Waals surface area contributed by atoms with Crippen LogP contribution >= 0.6 is 0 Å². The molecule has 1 atom stereocenters. The number of ether oxygens (including phenoxy) is 2. The van der Waals surface area contributed by atoms with Gasteiger partial charge in [0.2, 0.25) is 5.91 Å². The summed E-state index contributed by atoms with van der Waals surface area (Å²) < 4.78 is 11.0. The Hall–Kier alpha value is -2.53. The molecule has 3 rings (SSSR count). The van der Waals surface area contributed by atoms with E-state index >= 15 is 0 Å². The van der Waals surface area contributed by atoms with Crippen LogP contribution in [-0.2, 0) is 17.6 Å². The highest BCUT2D eigenvalue weighted by atomic mass is 16.5. The Kier molecular flexibility index (Phi) is 6.35. The summed E-state index contributed by atoms with van der Waals surface area (Å²) >= 11 is 0. The number of fused-ring (bicyclic) bond motifs is 1. The zero-order chi connectivity index (χ0) is 19.2. The van der Waals surface area contributed by atoms with E-state index in [9.17, 15) is 4.79 Å². The third-order valence-electron chi connectivity index (χ3n) is 4.81. The molecule has 1 N–H and O–H groups in total. The molecule has 0 spiro atoms. The Bertz CT molecular complexity index is 772. The van der Waals surface area contributed by atoms with E-state index in [4.69, 9.17) is 9.47 Å². The van der Waals surface area contributed by atoms with Gasteiger partial charge < -0.3 is 19.7 Å². The molecule has 0 saturated carbocycles. The van der Waals surface area contributed by atoms with Crippen molar-refractivity contribution in [1.82, 2.24) is 10.2 Å². The predicted molar refractivity (Wildman–Crippen MR) is 106 cm³/mol. The first-order chi connectivity index (χ1) is 13.1. The molecule has 0 bridgehead atoms. The molecule has 2 aromatic carbocycles. The number of benzene rings is 2. The first-order valence-electron chi connectivity index (χ1n) is 9.47. The van der Waals surface area contributed by atoms with Crippen LogP contribution in [0.1, 0.15) is 29.7 Å². The van der Waals surface area contributed by atoms with Gasteiger partial charge in [0.05, 0.1) is 25.7 Å². The molecule has 1 heterocycles. The number of likely N-dealkylation sites (N-methyl/N-ethyl adjacent to an activating group) is 1. The van der Waals surface area contributed by atoms with Gasteiger partial charge in [-0.05, 0) is 55.9 Å². The summed E-state index contributed by atoms with van der Waals surface area (Å²) in [5.74, 6) is 1.83. The summed E-state index contributed by atoms with van der Waals surface area (Å²) in [7, 11) is 4.07. The van der Waals surface area contributed by atoms with Gasteiger partial charge in [-0.3, -0.25) is 4.79 Å².